The quantitative estimate of drug-likeness (QED) is 0.722. The van der Waals surface area contributed by atoms with Gasteiger partial charge in [0.1, 0.15) is 0 Å². The SMILES string of the molecule is CC1CN(C(=O)c2cccc(N)c2)CCO1. The van der Waals surface area contributed by atoms with E-state index in [0.717, 1.165) is 0 Å². The highest BCUT2D eigenvalue weighted by atomic mass is 16.5. The zero-order chi connectivity index (χ0) is 11.5. The van der Waals surface area contributed by atoms with Gasteiger partial charge in [-0.2, -0.15) is 0 Å². The first-order chi connectivity index (χ1) is 7.66. The maximum absolute atomic E-state index is 12.1. The molecule has 1 amide bonds. The number of benzene rings is 1. The van der Waals surface area contributed by atoms with Crippen LogP contribution in [0.4, 0.5) is 5.69 Å². The van der Waals surface area contributed by atoms with Crippen LogP contribution in [0.2, 0.25) is 0 Å². The summed E-state index contributed by atoms with van der Waals surface area (Å²) in [5.74, 6) is 0.0300. The van der Waals surface area contributed by atoms with E-state index >= 15 is 0 Å². The minimum absolute atomic E-state index is 0.0300. The van der Waals surface area contributed by atoms with E-state index in [1.807, 2.05) is 11.8 Å². The molecule has 16 heavy (non-hydrogen) atoms. The molecule has 2 N–H and O–H groups in total. The van der Waals surface area contributed by atoms with E-state index in [4.69, 9.17) is 10.5 Å². The third kappa shape index (κ3) is 2.33. The van der Waals surface area contributed by atoms with Crippen LogP contribution in [0.25, 0.3) is 0 Å². The van der Waals surface area contributed by atoms with Gasteiger partial charge in [0.25, 0.3) is 5.91 Å². The lowest BCUT2D eigenvalue weighted by Crippen LogP contribution is -2.44. The fourth-order valence-electron chi connectivity index (χ4n) is 1.86. The molecule has 4 nitrogen and oxygen atoms in total. The van der Waals surface area contributed by atoms with Gasteiger partial charge >= 0.3 is 0 Å². The smallest absolute Gasteiger partial charge is 0.254 e. The lowest BCUT2D eigenvalue weighted by atomic mass is 10.1. The molecule has 1 aliphatic rings. The van der Waals surface area contributed by atoms with E-state index in [9.17, 15) is 4.79 Å². The Morgan fingerprint density at radius 2 is 2.38 bits per heavy atom. The first kappa shape index (κ1) is 11.0. The molecular weight excluding hydrogens is 204 g/mol. The van der Waals surface area contributed by atoms with Crippen molar-refractivity contribution in [3.63, 3.8) is 0 Å². The predicted octanol–water partition coefficient (Wildman–Crippen LogP) is 1.13. The maximum Gasteiger partial charge on any atom is 0.254 e. The van der Waals surface area contributed by atoms with Crippen molar-refractivity contribution in [2.24, 2.45) is 0 Å². The average Bonchev–Trinajstić information content (AvgIpc) is 2.28. The maximum atomic E-state index is 12.1. The van der Waals surface area contributed by atoms with Gasteiger partial charge in [0.05, 0.1) is 12.7 Å². The molecule has 1 aromatic carbocycles. The summed E-state index contributed by atoms with van der Waals surface area (Å²) in [7, 11) is 0. The van der Waals surface area contributed by atoms with E-state index in [1.165, 1.54) is 0 Å². The number of ether oxygens (including phenoxy) is 1. The second-order valence-corrected chi connectivity index (χ2v) is 4.06. The largest absolute Gasteiger partial charge is 0.399 e. The van der Waals surface area contributed by atoms with Crippen LogP contribution in [-0.2, 0) is 4.74 Å². The van der Waals surface area contributed by atoms with Crippen molar-refractivity contribution in [2.75, 3.05) is 25.4 Å². The van der Waals surface area contributed by atoms with Crippen LogP contribution in [0.15, 0.2) is 24.3 Å². The molecule has 86 valence electrons. The van der Waals surface area contributed by atoms with E-state index in [2.05, 4.69) is 0 Å². The number of rotatable bonds is 1. The first-order valence-corrected chi connectivity index (χ1v) is 5.43. The number of hydrogen-bond acceptors (Lipinski definition) is 3. The summed E-state index contributed by atoms with van der Waals surface area (Å²) in [6.45, 7) is 3.87. The number of nitrogen functional groups attached to an aromatic ring is 1. The molecule has 1 heterocycles. The van der Waals surface area contributed by atoms with Gasteiger partial charge in [-0.15, -0.1) is 0 Å². The molecule has 4 heteroatoms. The second-order valence-electron chi connectivity index (χ2n) is 4.06. The zero-order valence-electron chi connectivity index (χ0n) is 9.35. The van der Waals surface area contributed by atoms with Gasteiger partial charge in [-0.05, 0) is 25.1 Å². The fourth-order valence-corrected chi connectivity index (χ4v) is 1.86. The third-order valence-electron chi connectivity index (χ3n) is 2.66. The monoisotopic (exact) mass is 220 g/mol. The Labute approximate surface area is 95.0 Å². The van der Waals surface area contributed by atoms with Gasteiger partial charge in [-0.1, -0.05) is 6.07 Å². The van der Waals surface area contributed by atoms with Gasteiger partial charge in [0, 0.05) is 24.3 Å². The average molecular weight is 220 g/mol. The van der Waals surface area contributed by atoms with Crippen molar-refractivity contribution in [1.82, 2.24) is 4.90 Å². The van der Waals surface area contributed by atoms with Crippen LogP contribution >= 0.6 is 0 Å². The molecule has 0 saturated carbocycles. The van der Waals surface area contributed by atoms with Crippen molar-refractivity contribution in [3.8, 4) is 0 Å². The Balaban J connectivity index is 2.12. The molecule has 0 radical (unpaired) electrons. The van der Waals surface area contributed by atoms with Crippen molar-refractivity contribution in [1.29, 1.82) is 0 Å². The number of morpholine rings is 1. The van der Waals surface area contributed by atoms with Gasteiger partial charge in [0.2, 0.25) is 0 Å². The molecule has 1 saturated heterocycles. The summed E-state index contributed by atoms with van der Waals surface area (Å²) >= 11 is 0. The second kappa shape index (κ2) is 4.53. The first-order valence-electron chi connectivity index (χ1n) is 5.43. The normalized spacial score (nSPS) is 20.8. The van der Waals surface area contributed by atoms with E-state index in [0.29, 0.717) is 30.9 Å². The van der Waals surface area contributed by atoms with E-state index in [1.54, 1.807) is 24.3 Å². The Morgan fingerprint density at radius 3 is 3.06 bits per heavy atom. The summed E-state index contributed by atoms with van der Waals surface area (Å²) in [5, 5.41) is 0. The molecule has 1 unspecified atom stereocenters. The standard InChI is InChI=1S/C12H16N2O2/c1-9-8-14(5-6-16-9)12(15)10-3-2-4-11(13)7-10/h2-4,7,9H,5-6,8,13H2,1H3. The summed E-state index contributed by atoms with van der Waals surface area (Å²) in [4.78, 5) is 13.9. The minimum Gasteiger partial charge on any atom is -0.399 e. The van der Waals surface area contributed by atoms with Crippen molar-refractivity contribution < 1.29 is 9.53 Å². The summed E-state index contributed by atoms with van der Waals surface area (Å²) in [5.41, 5.74) is 6.92. The number of anilines is 1. The lowest BCUT2D eigenvalue weighted by Gasteiger charge is -2.31. The molecule has 0 bridgehead atoms. The van der Waals surface area contributed by atoms with Gasteiger partial charge in [0.15, 0.2) is 0 Å². The third-order valence-corrected chi connectivity index (χ3v) is 2.66. The summed E-state index contributed by atoms with van der Waals surface area (Å²) in [6, 6.07) is 7.08. The molecule has 2 rings (SSSR count). The van der Waals surface area contributed by atoms with E-state index in [-0.39, 0.29) is 12.0 Å². The van der Waals surface area contributed by atoms with Crippen LogP contribution in [0.3, 0.4) is 0 Å². The molecule has 1 aliphatic heterocycles. The van der Waals surface area contributed by atoms with Crippen LogP contribution in [0.1, 0.15) is 17.3 Å². The van der Waals surface area contributed by atoms with Crippen LogP contribution in [0.5, 0.6) is 0 Å². The van der Waals surface area contributed by atoms with Crippen molar-refractivity contribution in [3.05, 3.63) is 29.8 Å². The zero-order valence-corrected chi connectivity index (χ0v) is 9.35. The number of hydrogen-bond donors (Lipinski definition) is 1. The Bertz CT molecular complexity index is 392. The molecule has 0 aromatic heterocycles. The predicted molar refractivity (Wildman–Crippen MR) is 62.2 cm³/mol. The van der Waals surface area contributed by atoms with Crippen LogP contribution in [0, 0.1) is 0 Å². The topological polar surface area (TPSA) is 55.6 Å². The Morgan fingerprint density at radius 1 is 1.56 bits per heavy atom. The van der Waals surface area contributed by atoms with Crippen LogP contribution in [-0.4, -0.2) is 36.6 Å². The minimum atomic E-state index is 0.0300. The van der Waals surface area contributed by atoms with Crippen LogP contribution < -0.4 is 5.73 Å². The van der Waals surface area contributed by atoms with Gasteiger partial charge < -0.3 is 15.4 Å². The highest BCUT2D eigenvalue weighted by Crippen LogP contribution is 2.12. The highest BCUT2D eigenvalue weighted by Gasteiger charge is 2.22. The number of nitrogens with two attached hydrogens (primary N) is 1. The fraction of sp³-hybridized carbons (Fsp3) is 0.417. The molecular formula is C12H16N2O2. The number of carbonyl (C=O) groups is 1. The molecule has 1 atom stereocenters. The Kier molecular flexibility index (Phi) is 3.10. The molecule has 0 spiro atoms. The molecule has 0 aliphatic carbocycles. The molecule has 1 aromatic rings. The van der Waals surface area contributed by atoms with Gasteiger partial charge in [-0.3, -0.25) is 4.79 Å². The number of carbonyl (C=O) groups excluding carboxylic acids is 1. The summed E-state index contributed by atoms with van der Waals surface area (Å²) in [6.07, 6.45) is 0.110. The van der Waals surface area contributed by atoms with E-state index < -0.39 is 0 Å². The van der Waals surface area contributed by atoms with Crippen molar-refractivity contribution >= 4 is 11.6 Å². The van der Waals surface area contributed by atoms with Crippen molar-refractivity contribution in [2.45, 2.75) is 13.0 Å². The number of nitrogens with zero attached hydrogens (tertiary/aromatic N) is 1. The Hall–Kier alpha value is -1.55. The number of amides is 1. The summed E-state index contributed by atoms with van der Waals surface area (Å²) < 4.78 is 5.40. The molecule has 1 fully saturated rings. The van der Waals surface area contributed by atoms with Gasteiger partial charge in [-0.25, -0.2) is 0 Å². The highest BCUT2D eigenvalue weighted by molar-refractivity contribution is 5.95. The lowest BCUT2D eigenvalue weighted by molar-refractivity contribution is -0.0124.